The van der Waals surface area contributed by atoms with Crippen LogP contribution in [0.1, 0.15) is 6.42 Å². The lowest BCUT2D eigenvalue weighted by Crippen LogP contribution is -2.40. The Morgan fingerprint density at radius 2 is 2.24 bits per heavy atom. The lowest BCUT2D eigenvalue weighted by Gasteiger charge is -2.18. The molecule has 8 nitrogen and oxygen atoms in total. The maximum atomic E-state index is 13.0. The van der Waals surface area contributed by atoms with Crippen LogP contribution >= 0.6 is 11.6 Å². The summed E-state index contributed by atoms with van der Waals surface area (Å²) in [6.45, 7) is 0.211. The second-order valence-corrected chi connectivity index (χ2v) is 8.02. The number of nitrogens with zero attached hydrogens (tertiary/aromatic N) is 2. The van der Waals surface area contributed by atoms with Crippen LogP contribution in [0.5, 0.6) is 0 Å². The number of hydrogen-bond acceptors (Lipinski definition) is 6. The van der Waals surface area contributed by atoms with E-state index < -0.39 is 10.0 Å². The van der Waals surface area contributed by atoms with Crippen molar-refractivity contribution in [2.45, 2.75) is 17.4 Å². The molecule has 1 saturated heterocycles. The maximum absolute atomic E-state index is 13.0. The molecule has 0 spiro atoms. The van der Waals surface area contributed by atoms with Gasteiger partial charge >= 0.3 is 0 Å². The Hall–Kier alpha value is -1.78. The van der Waals surface area contributed by atoms with Gasteiger partial charge in [0.25, 0.3) is 0 Å². The number of amides is 1. The van der Waals surface area contributed by atoms with E-state index in [0.717, 1.165) is 0 Å². The summed E-state index contributed by atoms with van der Waals surface area (Å²) >= 11 is 6.18. The molecule has 2 heterocycles. The first-order valence-corrected chi connectivity index (χ1v) is 9.38. The van der Waals surface area contributed by atoms with Crippen LogP contribution in [0.25, 0.3) is 10.8 Å². The molecule has 134 valence electrons. The van der Waals surface area contributed by atoms with Crippen molar-refractivity contribution in [2.24, 2.45) is 5.90 Å². The molecule has 1 amide bonds. The number of nitrogens with two attached hydrogens (primary N) is 1. The number of nitrogens with one attached hydrogen (secondary N) is 1. The normalized spacial score (nSPS) is 18.6. The van der Waals surface area contributed by atoms with Crippen molar-refractivity contribution in [3.05, 3.63) is 35.6 Å². The van der Waals surface area contributed by atoms with Crippen molar-refractivity contribution in [3.63, 3.8) is 0 Å². The Kier molecular flexibility index (Phi) is 5.21. The largest absolute Gasteiger partial charge is 0.350 e. The fourth-order valence-corrected chi connectivity index (χ4v) is 4.98. The number of aromatic nitrogens is 1. The molecule has 1 aliphatic rings. The highest BCUT2D eigenvalue weighted by Gasteiger charge is 2.34. The summed E-state index contributed by atoms with van der Waals surface area (Å²) in [5.74, 6) is 4.48. The topological polar surface area (TPSA) is 115 Å². The molecule has 3 N–H and O–H groups in total. The predicted octanol–water partition coefficient (Wildman–Crippen LogP) is 0.658. The third-order valence-electron chi connectivity index (χ3n) is 4.05. The first-order valence-electron chi connectivity index (χ1n) is 7.57. The number of pyridine rings is 1. The molecule has 1 unspecified atom stereocenters. The van der Waals surface area contributed by atoms with Gasteiger partial charge in [0.1, 0.15) is 6.61 Å². The van der Waals surface area contributed by atoms with Gasteiger partial charge in [-0.25, -0.2) is 14.3 Å². The van der Waals surface area contributed by atoms with E-state index in [0.29, 0.717) is 23.7 Å². The Balaban J connectivity index is 1.87. The molecule has 1 aromatic heterocycles. The standard InChI is InChI=1S/C15H17ClN4O4S/c16-12-7-18-6-10-2-1-3-13(15(10)12)25(22,23)20-5-4-11(8-20)19-14(21)9-24-17/h1-3,6-7,11H,4-5,8-9,17H2,(H,19,21). The monoisotopic (exact) mass is 384 g/mol. The Bertz CT molecular complexity index is 900. The van der Waals surface area contributed by atoms with E-state index in [4.69, 9.17) is 17.5 Å². The number of hydrogen-bond donors (Lipinski definition) is 2. The lowest BCUT2D eigenvalue weighted by molar-refractivity contribution is -0.126. The van der Waals surface area contributed by atoms with E-state index in [2.05, 4.69) is 15.1 Å². The van der Waals surface area contributed by atoms with Gasteiger partial charge in [-0.05, 0) is 12.5 Å². The summed E-state index contributed by atoms with van der Waals surface area (Å²) in [4.78, 5) is 19.9. The van der Waals surface area contributed by atoms with E-state index in [9.17, 15) is 13.2 Å². The number of fused-ring (bicyclic) bond motifs is 1. The summed E-state index contributed by atoms with van der Waals surface area (Å²) in [6, 6.07) is 4.65. The Labute approximate surface area is 149 Å². The maximum Gasteiger partial charge on any atom is 0.248 e. The van der Waals surface area contributed by atoms with Crippen LogP contribution in [0.15, 0.2) is 35.5 Å². The Morgan fingerprint density at radius 1 is 1.44 bits per heavy atom. The highest BCUT2D eigenvalue weighted by atomic mass is 35.5. The molecule has 1 atom stereocenters. The average molecular weight is 385 g/mol. The molecule has 1 fully saturated rings. The van der Waals surface area contributed by atoms with Crippen LogP contribution in [0.2, 0.25) is 5.02 Å². The van der Waals surface area contributed by atoms with Crippen LogP contribution in [-0.4, -0.2) is 49.4 Å². The first kappa shape index (κ1) is 18.0. The minimum atomic E-state index is -3.75. The third kappa shape index (κ3) is 3.60. The lowest BCUT2D eigenvalue weighted by atomic mass is 10.2. The summed E-state index contributed by atoms with van der Waals surface area (Å²) in [5.41, 5.74) is 0. The van der Waals surface area contributed by atoms with Crippen molar-refractivity contribution in [1.82, 2.24) is 14.6 Å². The summed E-state index contributed by atoms with van der Waals surface area (Å²) < 4.78 is 27.4. The summed E-state index contributed by atoms with van der Waals surface area (Å²) in [7, 11) is -3.75. The number of rotatable bonds is 5. The van der Waals surface area contributed by atoms with Gasteiger partial charge in [0.2, 0.25) is 15.9 Å². The second kappa shape index (κ2) is 7.22. The number of carbonyl (C=O) groups is 1. The molecule has 1 aromatic carbocycles. The fourth-order valence-electron chi connectivity index (χ4n) is 2.92. The smallest absolute Gasteiger partial charge is 0.248 e. The zero-order chi connectivity index (χ0) is 18.0. The van der Waals surface area contributed by atoms with Gasteiger partial charge in [0.15, 0.2) is 0 Å². The molecule has 0 bridgehead atoms. The van der Waals surface area contributed by atoms with Crippen LogP contribution in [-0.2, 0) is 19.7 Å². The molecular weight excluding hydrogens is 368 g/mol. The van der Waals surface area contributed by atoms with Crippen molar-refractivity contribution in [2.75, 3.05) is 19.7 Å². The van der Waals surface area contributed by atoms with Crippen molar-refractivity contribution < 1.29 is 18.0 Å². The molecule has 1 aliphatic heterocycles. The number of benzene rings is 1. The van der Waals surface area contributed by atoms with Gasteiger partial charge < -0.3 is 5.32 Å². The molecule has 2 aromatic rings. The SMILES string of the molecule is NOCC(=O)NC1CCN(S(=O)(=O)c2cccc3cncc(Cl)c23)C1. The molecule has 0 saturated carbocycles. The van der Waals surface area contributed by atoms with E-state index in [1.54, 1.807) is 18.3 Å². The van der Waals surface area contributed by atoms with E-state index in [1.165, 1.54) is 16.6 Å². The zero-order valence-electron chi connectivity index (χ0n) is 13.2. The third-order valence-corrected chi connectivity index (χ3v) is 6.24. The average Bonchev–Trinajstić information content (AvgIpc) is 3.04. The van der Waals surface area contributed by atoms with Crippen LogP contribution in [0.4, 0.5) is 0 Å². The number of carbonyl (C=O) groups excluding carboxylic acids is 1. The Morgan fingerprint density at radius 3 is 3.00 bits per heavy atom. The van der Waals surface area contributed by atoms with Crippen molar-refractivity contribution in [3.8, 4) is 0 Å². The molecular formula is C15H17ClN4O4S. The van der Waals surface area contributed by atoms with Gasteiger partial charge in [0.05, 0.1) is 9.92 Å². The molecule has 0 radical (unpaired) electrons. The van der Waals surface area contributed by atoms with Gasteiger partial charge in [-0.2, -0.15) is 4.31 Å². The van der Waals surface area contributed by atoms with Crippen molar-refractivity contribution >= 4 is 38.3 Å². The van der Waals surface area contributed by atoms with Gasteiger partial charge in [-0.3, -0.25) is 14.6 Å². The summed E-state index contributed by atoms with van der Waals surface area (Å²) in [6.07, 6.45) is 3.50. The van der Waals surface area contributed by atoms with Gasteiger partial charge in [0, 0.05) is 42.3 Å². The number of sulfonamides is 1. The number of halogens is 1. The molecule has 0 aliphatic carbocycles. The highest BCUT2D eigenvalue weighted by molar-refractivity contribution is 7.89. The van der Waals surface area contributed by atoms with Gasteiger partial charge in [-0.1, -0.05) is 23.7 Å². The van der Waals surface area contributed by atoms with Crippen molar-refractivity contribution in [1.29, 1.82) is 0 Å². The van der Waals surface area contributed by atoms with E-state index in [-0.39, 0.29) is 35.0 Å². The quantitative estimate of drug-likeness (QED) is 0.732. The van der Waals surface area contributed by atoms with Gasteiger partial charge in [-0.15, -0.1) is 0 Å². The molecule has 10 heteroatoms. The summed E-state index contributed by atoms with van der Waals surface area (Å²) in [5, 5.41) is 4.07. The second-order valence-electron chi connectivity index (χ2n) is 5.70. The minimum Gasteiger partial charge on any atom is -0.350 e. The minimum absolute atomic E-state index is 0.134. The molecule has 25 heavy (non-hydrogen) atoms. The van der Waals surface area contributed by atoms with Crippen LogP contribution < -0.4 is 11.2 Å². The first-order chi connectivity index (χ1) is 11.9. The highest BCUT2D eigenvalue weighted by Crippen LogP contribution is 2.32. The predicted molar refractivity (Wildman–Crippen MR) is 92.2 cm³/mol. The van der Waals surface area contributed by atoms with E-state index >= 15 is 0 Å². The fraction of sp³-hybridized carbons (Fsp3) is 0.333. The van der Waals surface area contributed by atoms with Crippen LogP contribution in [0.3, 0.4) is 0 Å². The zero-order valence-corrected chi connectivity index (χ0v) is 14.8. The van der Waals surface area contributed by atoms with E-state index in [1.807, 2.05) is 0 Å². The van der Waals surface area contributed by atoms with Crippen LogP contribution in [0, 0.1) is 0 Å². The molecule has 3 rings (SSSR count).